The van der Waals surface area contributed by atoms with Crippen LogP contribution in [0, 0.1) is 23.7 Å². The second-order valence-corrected chi connectivity index (χ2v) is 13.3. The lowest BCUT2D eigenvalue weighted by atomic mass is 9.92. The number of ether oxygens (including phenoxy) is 1. The smallest absolute Gasteiger partial charge is 0.193 e. The molecule has 0 aromatic rings. The van der Waals surface area contributed by atoms with Gasteiger partial charge in [0.05, 0.1) is 12.2 Å². The molecule has 1 aliphatic carbocycles. The molecule has 134 valence electrons. The maximum Gasteiger partial charge on any atom is 0.193 e. The zero-order valence-electron chi connectivity index (χ0n) is 16.3. The first-order valence-electron chi connectivity index (χ1n) is 9.44. The lowest BCUT2D eigenvalue weighted by molar-refractivity contribution is 0.134. The number of fused-ring (bicyclic) bond motifs is 2. The molecule has 0 aromatic carbocycles. The van der Waals surface area contributed by atoms with Crippen LogP contribution in [0.3, 0.4) is 0 Å². The van der Waals surface area contributed by atoms with Gasteiger partial charge < -0.3 is 9.16 Å². The largest absolute Gasteiger partial charge is 0.493 e. The molecule has 0 spiro atoms. The molecule has 1 heterocycles. The van der Waals surface area contributed by atoms with Crippen LogP contribution in [0.15, 0.2) is 24.5 Å². The van der Waals surface area contributed by atoms with E-state index in [1.54, 1.807) is 0 Å². The standard InChI is InChI=1S/C21H34O2Si/c1-7-8-9-10-18(23-24(5,6)21(2,3)4)12-13-19-17-11-14-20(19)22-16-15-17/h11,14-20H,7-10H2,1-6H3. The predicted octanol–water partition coefficient (Wildman–Crippen LogP) is 5.68. The van der Waals surface area contributed by atoms with Gasteiger partial charge in [-0.3, -0.25) is 0 Å². The van der Waals surface area contributed by atoms with Crippen molar-refractivity contribution in [1.29, 1.82) is 0 Å². The van der Waals surface area contributed by atoms with Gasteiger partial charge in [-0.05, 0) is 43.1 Å². The summed E-state index contributed by atoms with van der Waals surface area (Å²) < 4.78 is 12.3. The van der Waals surface area contributed by atoms with E-state index in [1.165, 1.54) is 19.3 Å². The van der Waals surface area contributed by atoms with Gasteiger partial charge in [0.1, 0.15) is 12.2 Å². The van der Waals surface area contributed by atoms with E-state index in [2.05, 4.69) is 70.9 Å². The van der Waals surface area contributed by atoms with Crippen molar-refractivity contribution in [3.63, 3.8) is 0 Å². The van der Waals surface area contributed by atoms with Crippen LogP contribution in [0.5, 0.6) is 0 Å². The lowest BCUT2D eigenvalue weighted by Crippen LogP contribution is -2.43. The van der Waals surface area contributed by atoms with Crippen molar-refractivity contribution >= 4 is 8.32 Å². The molecule has 2 rings (SSSR count). The van der Waals surface area contributed by atoms with Crippen molar-refractivity contribution in [3.05, 3.63) is 24.5 Å². The molecule has 0 aromatic heterocycles. The van der Waals surface area contributed by atoms with E-state index in [1.807, 2.05) is 6.26 Å². The summed E-state index contributed by atoms with van der Waals surface area (Å²) in [4.78, 5) is 0. The fourth-order valence-corrected chi connectivity index (χ4v) is 4.12. The highest BCUT2D eigenvalue weighted by Gasteiger charge is 2.39. The Labute approximate surface area is 149 Å². The molecule has 3 heteroatoms. The van der Waals surface area contributed by atoms with Crippen LogP contribution in [0.4, 0.5) is 0 Å². The van der Waals surface area contributed by atoms with E-state index in [4.69, 9.17) is 9.16 Å². The van der Waals surface area contributed by atoms with E-state index < -0.39 is 8.32 Å². The summed E-state index contributed by atoms with van der Waals surface area (Å²) in [5.74, 6) is 7.64. The van der Waals surface area contributed by atoms with Crippen molar-refractivity contribution in [1.82, 2.24) is 0 Å². The maximum atomic E-state index is 6.62. The van der Waals surface area contributed by atoms with Gasteiger partial charge in [-0.2, -0.15) is 0 Å². The van der Waals surface area contributed by atoms with Gasteiger partial charge in [0.15, 0.2) is 8.32 Å². The van der Waals surface area contributed by atoms with Crippen molar-refractivity contribution in [3.8, 4) is 11.8 Å². The summed E-state index contributed by atoms with van der Waals surface area (Å²) in [7, 11) is -1.80. The van der Waals surface area contributed by atoms with Crippen LogP contribution >= 0.6 is 0 Å². The Bertz CT molecular complexity index is 528. The molecule has 4 unspecified atom stereocenters. The van der Waals surface area contributed by atoms with Gasteiger partial charge in [-0.1, -0.05) is 58.5 Å². The molecule has 4 atom stereocenters. The maximum absolute atomic E-state index is 6.62. The highest BCUT2D eigenvalue weighted by atomic mass is 28.4. The summed E-state index contributed by atoms with van der Waals surface area (Å²) in [5.41, 5.74) is 0. The van der Waals surface area contributed by atoms with Crippen LogP contribution < -0.4 is 0 Å². The Balaban J connectivity index is 2.07. The van der Waals surface area contributed by atoms with Crippen LogP contribution in [-0.4, -0.2) is 20.5 Å². The van der Waals surface area contributed by atoms with Gasteiger partial charge in [0.25, 0.3) is 0 Å². The predicted molar refractivity (Wildman–Crippen MR) is 104 cm³/mol. The number of unbranched alkanes of at least 4 members (excludes halogenated alkanes) is 2. The Morgan fingerprint density at radius 2 is 1.92 bits per heavy atom. The number of allylic oxidation sites excluding steroid dienone is 2. The molecular weight excluding hydrogens is 312 g/mol. The molecule has 2 aliphatic rings. The third-order valence-corrected chi connectivity index (χ3v) is 10.0. The molecule has 0 saturated heterocycles. The van der Waals surface area contributed by atoms with E-state index >= 15 is 0 Å². The molecular formula is C21H34O2Si. The normalized spacial score (nSPS) is 26.7. The van der Waals surface area contributed by atoms with Crippen molar-refractivity contribution < 1.29 is 9.16 Å². The second kappa shape index (κ2) is 7.93. The van der Waals surface area contributed by atoms with Crippen LogP contribution in [0.1, 0.15) is 53.4 Å². The number of rotatable bonds is 6. The Hall–Kier alpha value is -0.983. The van der Waals surface area contributed by atoms with Crippen LogP contribution in [0.2, 0.25) is 18.1 Å². The fraction of sp³-hybridized carbons (Fsp3) is 0.714. The summed E-state index contributed by atoms with van der Waals surface area (Å²) in [6.45, 7) is 13.8. The minimum Gasteiger partial charge on any atom is -0.493 e. The van der Waals surface area contributed by atoms with Crippen molar-refractivity contribution in [2.75, 3.05) is 0 Å². The quantitative estimate of drug-likeness (QED) is 0.267. The average Bonchev–Trinajstić information content (AvgIpc) is 2.71. The second-order valence-electron chi connectivity index (χ2n) is 8.57. The van der Waals surface area contributed by atoms with Crippen LogP contribution in [0.25, 0.3) is 0 Å². The molecule has 2 bridgehead atoms. The van der Waals surface area contributed by atoms with Gasteiger partial charge in [0, 0.05) is 5.92 Å². The first-order valence-corrected chi connectivity index (χ1v) is 12.3. The van der Waals surface area contributed by atoms with E-state index in [-0.39, 0.29) is 23.2 Å². The van der Waals surface area contributed by atoms with E-state index in [0.717, 1.165) is 6.42 Å². The summed E-state index contributed by atoms with van der Waals surface area (Å²) in [6.07, 6.45) is 13.2. The Morgan fingerprint density at radius 3 is 2.54 bits per heavy atom. The Morgan fingerprint density at radius 1 is 1.17 bits per heavy atom. The van der Waals surface area contributed by atoms with Crippen LogP contribution in [-0.2, 0) is 9.16 Å². The van der Waals surface area contributed by atoms with Gasteiger partial charge in [-0.15, -0.1) is 0 Å². The third-order valence-electron chi connectivity index (χ3n) is 5.55. The van der Waals surface area contributed by atoms with Gasteiger partial charge in [0.2, 0.25) is 0 Å². The molecule has 0 saturated carbocycles. The average molecular weight is 347 g/mol. The molecule has 1 aliphatic heterocycles. The first kappa shape index (κ1) is 19.3. The summed E-state index contributed by atoms with van der Waals surface area (Å²) >= 11 is 0. The lowest BCUT2D eigenvalue weighted by Gasteiger charge is -2.38. The van der Waals surface area contributed by atoms with E-state index in [9.17, 15) is 0 Å². The molecule has 0 amide bonds. The Kier molecular flexibility index (Phi) is 6.39. The zero-order valence-corrected chi connectivity index (χ0v) is 17.3. The minimum absolute atomic E-state index is 0.0581. The molecule has 0 radical (unpaired) electrons. The van der Waals surface area contributed by atoms with Gasteiger partial charge >= 0.3 is 0 Å². The van der Waals surface area contributed by atoms with Crippen molar-refractivity contribution in [2.45, 2.75) is 83.7 Å². The summed E-state index contributed by atoms with van der Waals surface area (Å²) in [5, 5.41) is 0.217. The SMILES string of the molecule is CCCCCC(C#CC1C2C=COC1C=C2)O[Si](C)(C)C(C)(C)C. The highest BCUT2D eigenvalue weighted by Crippen LogP contribution is 2.38. The fourth-order valence-electron chi connectivity index (χ4n) is 2.88. The monoisotopic (exact) mass is 346 g/mol. The zero-order chi connectivity index (χ0) is 17.8. The highest BCUT2D eigenvalue weighted by molar-refractivity contribution is 6.74. The third kappa shape index (κ3) is 4.77. The van der Waals surface area contributed by atoms with E-state index in [0.29, 0.717) is 5.92 Å². The van der Waals surface area contributed by atoms with Crippen molar-refractivity contribution in [2.24, 2.45) is 11.8 Å². The molecule has 0 N–H and O–H groups in total. The number of hydrogen-bond acceptors (Lipinski definition) is 2. The number of hydrogen-bond donors (Lipinski definition) is 0. The molecule has 24 heavy (non-hydrogen) atoms. The molecule has 2 nitrogen and oxygen atoms in total. The first-order chi connectivity index (χ1) is 11.2. The summed E-state index contributed by atoms with van der Waals surface area (Å²) in [6, 6.07) is 0. The topological polar surface area (TPSA) is 18.5 Å². The van der Waals surface area contributed by atoms with Gasteiger partial charge in [-0.25, -0.2) is 0 Å². The minimum atomic E-state index is -1.80. The molecule has 0 fully saturated rings.